The number of benzene rings is 5. The smallest absolute Gasteiger partial charge is 0.169 e. The third-order valence-corrected chi connectivity index (χ3v) is 10.8. The number of nitrogens with zero attached hydrogens (tertiary/aromatic N) is 2. The second-order valence-corrected chi connectivity index (χ2v) is 14.2. The minimum atomic E-state index is -0.356. The van der Waals surface area contributed by atoms with Gasteiger partial charge in [-0.05, 0) is 80.3 Å². The SMILES string of the molecule is CC1(C)C2=C(C=CCC2)c2ccc(C3N=C(c4ccc5c(c4)C(C)(C)c4ccccc4-5)NC(c4ccc5ccccc5c4)=N3)cc21. The van der Waals surface area contributed by atoms with Crippen molar-refractivity contribution in [1.29, 1.82) is 0 Å². The van der Waals surface area contributed by atoms with Crippen LogP contribution in [0.4, 0.5) is 0 Å². The number of aliphatic imine (C=N–C) groups is 2. The quantitative estimate of drug-likeness (QED) is 0.221. The lowest BCUT2D eigenvalue weighted by molar-refractivity contribution is 0.605. The van der Waals surface area contributed by atoms with E-state index in [1.807, 2.05) is 0 Å². The number of allylic oxidation sites excluding steroid dienone is 4. The molecule has 0 aromatic heterocycles. The highest BCUT2D eigenvalue weighted by Gasteiger charge is 2.38. The molecule has 0 fully saturated rings. The van der Waals surface area contributed by atoms with Crippen molar-refractivity contribution >= 4 is 28.0 Å². The number of rotatable bonds is 3. The van der Waals surface area contributed by atoms with Crippen LogP contribution < -0.4 is 5.32 Å². The summed E-state index contributed by atoms with van der Waals surface area (Å²) in [6.07, 6.45) is 6.54. The van der Waals surface area contributed by atoms with E-state index in [2.05, 4.69) is 148 Å². The van der Waals surface area contributed by atoms with Crippen molar-refractivity contribution in [2.75, 3.05) is 0 Å². The van der Waals surface area contributed by atoms with Crippen LogP contribution in [0, 0.1) is 0 Å². The van der Waals surface area contributed by atoms with Crippen LogP contribution >= 0.6 is 0 Å². The molecule has 1 atom stereocenters. The predicted molar refractivity (Wildman–Crippen MR) is 192 cm³/mol. The van der Waals surface area contributed by atoms with Crippen LogP contribution in [-0.2, 0) is 10.8 Å². The van der Waals surface area contributed by atoms with Gasteiger partial charge in [0.15, 0.2) is 6.17 Å². The van der Waals surface area contributed by atoms with Gasteiger partial charge in [-0.2, -0.15) is 0 Å². The van der Waals surface area contributed by atoms with Gasteiger partial charge in [0, 0.05) is 22.0 Å². The first-order valence-corrected chi connectivity index (χ1v) is 16.5. The Labute approximate surface area is 271 Å². The number of fused-ring (bicyclic) bond motifs is 6. The molecular formula is C43H37N3. The highest BCUT2D eigenvalue weighted by atomic mass is 15.2. The van der Waals surface area contributed by atoms with Crippen LogP contribution in [0.1, 0.15) is 85.6 Å². The fraction of sp³-hybridized carbons (Fsp3) is 0.209. The molecule has 1 N–H and O–H groups in total. The van der Waals surface area contributed by atoms with Gasteiger partial charge >= 0.3 is 0 Å². The Kier molecular flexibility index (Phi) is 5.78. The third kappa shape index (κ3) is 3.97. The van der Waals surface area contributed by atoms with Gasteiger partial charge in [0.25, 0.3) is 0 Å². The van der Waals surface area contributed by atoms with Crippen LogP contribution in [0.15, 0.2) is 131 Å². The van der Waals surface area contributed by atoms with Crippen molar-refractivity contribution in [2.24, 2.45) is 9.98 Å². The van der Waals surface area contributed by atoms with E-state index >= 15 is 0 Å². The Balaban J connectivity index is 1.17. The molecule has 224 valence electrons. The molecule has 0 spiro atoms. The third-order valence-electron chi connectivity index (χ3n) is 10.8. The van der Waals surface area contributed by atoms with Crippen molar-refractivity contribution in [3.05, 3.63) is 160 Å². The standard InChI is InChI=1S/C43H37N3/c1-42(2)35-15-9-7-13-31(35)33-21-19-29(24-37(33)42)40-44-39(28-18-17-26-11-5-6-12-27(26)23-28)45-41(46-40)30-20-22-34-32-14-8-10-16-36(32)43(3,4)38(34)25-30/h5-9,11-15,17-25,41H,10,16H2,1-4H3,(H,44,45,46). The van der Waals surface area contributed by atoms with Crippen LogP contribution in [-0.4, -0.2) is 11.7 Å². The van der Waals surface area contributed by atoms with E-state index in [-0.39, 0.29) is 17.0 Å². The summed E-state index contributed by atoms with van der Waals surface area (Å²) in [6.45, 7) is 9.42. The Morgan fingerprint density at radius 1 is 0.609 bits per heavy atom. The Morgan fingerprint density at radius 3 is 2.13 bits per heavy atom. The first kappa shape index (κ1) is 27.3. The van der Waals surface area contributed by atoms with Crippen LogP contribution in [0.5, 0.6) is 0 Å². The molecule has 1 aliphatic heterocycles. The number of amidine groups is 2. The van der Waals surface area contributed by atoms with Crippen molar-refractivity contribution in [3.8, 4) is 11.1 Å². The molecule has 3 heteroatoms. The molecule has 0 saturated carbocycles. The number of hydrogen-bond acceptors (Lipinski definition) is 3. The normalized spacial score (nSPS) is 20.0. The van der Waals surface area contributed by atoms with Crippen molar-refractivity contribution in [3.63, 3.8) is 0 Å². The van der Waals surface area contributed by atoms with E-state index in [0.29, 0.717) is 0 Å². The second kappa shape index (κ2) is 9.74. The average Bonchev–Trinajstić information content (AvgIpc) is 3.47. The molecule has 46 heavy (non-hydrogen) atoms. The summed E-state index contributed by atoms with van der Waals surface area (Å²) in [7, 11) is 0. The minimum absolute atomic E-state index is 0.00361. The zero-order chi connectivity index (χ0) is 31.2. The van der Waals surface area contributed by atoms with E-state index in [0.717, 1.165) is 41.2 Å². The molecule has 4 aliphatic rings. The van der Waals surface area contributed by atoms with Gasteiger partial charge in [-0.3, -0.25) is 0 Å². The monoisotopic (exact) mass is 595 g/mol. The second-order valence-electron chi connectivity index (χ2n) is 14.2. The lowest BCUT2D eigenvalue weighted by atomic mass is 9.78. The summed E-state index contributed by atoms with van der Waals surface area (Å²) >= 11 is 0. The van der Waals surface area contributed by atoms with Crippen LogP contribution in [0.2, 0.25) is 0 Å². The fourth-order valence-corrected chi connectivity index (χ4v) is 8.28. The van der Waals surface area contributed by atoms with E-state index < -0.39 is 0 Å². The van der Waals surface area contributed by atoms with E-state index in [1.165, 1.54) is 49.7 Å². The molecule has 1 heterocycles. The lowest BCUT2D eigenvalue weighted by Gasteiger charge is -2.27. The summed E-state index contributed by atoms with van der Waals surface area (Å²) in [5.74, 6) is 1.71. The maximum absolute atomic E-state index is 5.34. The molecule has 3 nitrogen and oxygen atoms in total. The van der Waals surface area contributed by atoms with Crippen molar-refractivity contribution in [2.45, 2.75) is 57.5 Å². The highest BCUT2D eigenvalue weighted by molar-refractivity contribution is 6.17. The molecule has 3 aliphatic carbocycles. The van der Waals surface area contributed by atoms with Gasteiger partial charge in [-0.15, -0.1) is 0 Å². The van der Waals surface area contributed by atoms with Gasteiger partial charge in [0.2, 0.25) is 0 Å². The molecule has 1 unspecified atom stereocenters. The molecule has 0 saturated heterocycles. The maximum Gasteiger partial charge on any atom is 0.169 e. The van der Waals surface area contributed by atoms with Crippen LogP contribution in [0.25, 0.3) is 27.5 Å². The summed E-state index contributed by atoms with van der Waals surface area (Å²) in [5.41, 5.74) is 14.3. The topological polar surface area (TPSA) is 36.8 Å². The summed E-state index contributed by atoms with van der Waals surface area (Å²) in [6, 6.07) is 37.7. The molecule has 5 aromatic carbocycles. The summed E-state index contributed by atoms with van der Waals surface area (Å²) < 4.78 is 0. The molecule has 5 aromatic rings. The minimum Gasteiger partial charge on any atom is -0.324 e. The maximum atomic E-state index is 5.34. The molecule has 9 rings (SSSR count). The van der Waals surface area contributed by atoms with E-state index in [1.54, 1.807) is 5.57 Å². The van der Waals surface area contributed by atoms with Crippen LogP contribution in [0.3, 0.4) is 0 Å². The Morgan fingerprint density at radius 2 is 1.28 bits per heavy atom. The predicted octanol–water partition coefficient (Wildman–Crippen LogP) is 10.0. The molecular weight excluding hydrogens is 558 g/mol. The molecule has 0 amide bonds. The van der Waals surface area contributed by atoms with Gasteiger partial charge in [0.1, 0.15) is 11.7 Å². The van der Waals surface area contributed by atoms with Crippen molar-refractivity contribution in [1.82, 2.24) is 5.32 Å². The number of hydrogen-bond donors (Lipinski definition) is 1. The zero-order valence-corrected chi connectivity index (χ0v) is 26.9. The van der Waals surface area contributed by atoms with Gasteiger partial charge < -0.3 is 5.32 Å². The van der Waals surface area contributed by atoms with Gasteiger partial charge in [-0.25, -0.2) is 9.98 Å². The summed E-state index contributed by atoms with van der Waals surface area (Å²) in [5, 5.41) is 6.10. The molecule has 0 radical (unpaired) electrons. The average molecular weight is 596 g/mol. The first-order chi connectivity index (χ1) is 22.3. The van der Waals surface area contributed by atoms with E-state index in [9.17, 15) is 0 Å². The Bertz CT molecular complexity index is 2240. The summed E-state index contributed by atoms with van der Waals surface area (Å²) in [4.78, 5) is 10.6. The first-order valence-electron chi connectivity index (χ1n) is 16.5. The fourth-order valence-electron chi connectivity index (χ4n) is 8.28. The van der Waals surface area contributed by atoms with Gasteiger partial charge in [-0.1, -0.05) is 136 Å². The molecule has 0 bridgehead atoms. The highest BCUT2D eigenvalue weighted by Crippen LogP contribution is 2.51. The number of nitrogens with one attached hydrogen (secondary N) is 1. The van der Waals surface area contributed by atoms with Gasteiger partial charge in [0.05, 0.1) is 0 Å². The lowest BCUT2D eigenvalue weighted by Crippen LogP contribution is -2.36. The zero-order valence-electron chi connectivity index (χ0n) is 26.9. The van der Waals surface area contributed by atoms with Crippen molar-refractivity contribution < 1.29 is 0 Å². The Hall–Kier alpha value is -5.02. The van der Waals surface area contributed by atoms with E-state index in [4.69, 9.17) is 9.98 Å². The largest absolute Gasteiger partial charge is 0.324 e.